The molecule has 0 spiro atoms. The highest BCUT2D eigenvalue weighted by Crippen LogP contribution is 2.12. The minimum atomic E-state index is 0.976. The summed E-state index contributed by atoms with van der Waals surface area (Å²) in [6.45, 7) is 3.10. The molecule has 0 aromatic heterocycles. The maximum atomic E-state index is 4.23. The summed E-state index contributed by atoms with van der Waals surface area (Å²) in [6, 6.07) is 8.36. The molecule has 0 saturated heterocycles. The fourth-order valence-electron chi connectivity index (χ4n) is 1.47. The van der Waals surface area contributed by atoms with Gasteiger partial charge >= 0.3 is 0 Å². The number of aryl methyl sites for hydroxylation is 1. The molecule has 0 aliphatic carbocycles. The third-order valence-electron chi connectivity index (χ3n) is 2.14. The second-order valence-corrected chi connectivity index (χ2v) is 3.03. The largest absolute Gasteiger partial charge is 0.309 e. The van der Waals surface area contributed by atoms with Crippen molar-refractivity contribution in [2.45, 2.75) is 13.3 Å². The Balaban J connectivity index is 2.39. The zero-order chi connectivity index (χ0) is 8.39. The van der Waals surface area contributed by atoms with Crippen LogP contribution in [0.4, 0.5) is 0 Å². The number of hydrazone groups is 1. The Morgan fingerprint density at radius 3 is 2.83 bits per heavy atom. The Morgan fingerprint density at radius 2 is 2.17 bits per heavy atom. The van der Waals surface area contributed by atoms with Crippen LogP contribution in [0.5, 0.6) is 0 Å². The van der Waals surface area contributed by atoms with Crippen LogP contribution in [-0.4, -0.2) is 12.3 Å². The smallest absolute Gasteiger partial charge is 0.0696 e. The topological polar surface area (TPSA) is 24.4 Å². The van der Waals surface area contributed by atoms with Gasteiger partial charge in [-0.25, -0.2) is 0 Å². The molecule has 1 aromatic carbocycles. The first-order chi connectivity index (χ1) is 5.88. The molecule has 1 aliphatic heterocycles. The van der Waals surface area contributed by atoms with E-state index in [2.05, 4.69) is 41.7 Å². The highest BCUT2D eigenvalue weighted by molar-refractivity contribution is 6.02. The van der Waals surface area contributed by atoms with Gasteiger partial charge in [-0.15, -0.1) is 0 Å². The van der Waals surface area contributed by atoms with E-state index in [9.17, 15) is 0 Å². The molecule has 12 heavy (non-hydrogen) atoms. The minimum absolute atomic E-state index is 0.976. The Morgan fingerprint density at radius 1 is 1.33 bits per heavy atom. The summed E-state index contributed by atoms with van der Waals surface area (Å²) in [7, 11) is 0. The van der Waals surface area contributed by atoms with E-state index in [-0.39, 0.29) is 0 Å². The van der Waals surface area contributed by atoms with Crippen molar-refractivity contribution in [3.05, 3.63) is 35.4 Å². The molecule has 62 valence electrons. The van der Waals surface area contributed by atoms with Crippen molar-refractivity contribution in [2.75, 3.05) is 6.54 Å². The highest BCUT2D eigenvalue weighted by Gasteiger charge is 2.09. The lowest BCUT2D eigenvalue weighted by Crippen LogP contribution is -1.99. The molecule has 1 N–H and O–H groups in total. The number of nitrogens with one attached hydrogen (secondary N) is 1. The van der Waals surface area contributed by atoms with Crippen molar-refractivity contribution in [3.8, 4) is 0 Å². The molecule has 1 heterocycles. The average Bonchev–Trinajstić information content (AvgIpc) is 2.57. The van der Waals surface area contributed by atoms with Gasteiger partial charge < -0.3 is 5.43 Å². The second-order valence-electron chi connectivity index (χ2n) is 3.03. The van der Waals surface area contributed by atoms with Crippen molar-refractivity contribution in [3.63, 3.8) is 0 Å². The predicted octanol–water partition coefficient (Wildman–Crippen LogP) is 1.69. The summed E-state index contributed by atoms with van der Waals surface area (Å²) in [5, 5.41) is 4.23. The molecule has 0 atom stereocenters. The van der Waals surface area contributed by atoms with Crippen LogP contribution in [0.2, 0.25) is 0 Å². The number of hydrogen-bond donors (Lipinski definition) is 1. The summed E-state index contributed by atoms with van der Waals surface area (Å²) in [5.41, 5.74) is 6.76. The van der Waals surface area contributed by atoms with Crippen LogP contribution < -0.4 is 5.43 Å². The van der Waals surface area contributed by atoms with Gasteiger partial charge in [0.1, 0.15) is 0 Å². The second kappa shape index (κ2) is 2.97. The van der Waals surface area contributed by atoms with Gasteiger partial charge in [0.25, 0.3) is 0 Å². The molecule has 0 fully saturated rings. The van der Waals surface area contributed by atoms with E-state index in [0.717, 1.165) is 13.0 Å². The molecule has 0 saturated carbocycles. The van der Waals surface area contributed by atoms with E-state index in [1.54, 1.807) is 0 Å². The van der Waals surface area contributed by atoms with Gasteiger partial charge in [0.05, 0.1) is 5.71 Å². The van der Waals surface area contributed by atoms with Crippen molar-refractivity contribution in [1.82, 2.24) is 5.43 Å². The number of rotatable bonds is 1. The Bertz CT molecular complexity index is 315. The molecule has 2 rings (SSSR count). The van der Waals surface area contributed by atoms with E-state index in [4.69, 9.17) is 0 Å². The maximum Gasteiger partial charge on any atom is 0.0696 e. The molecular weight excluding hydrogens is 148 g/mol. The molecule has 2 nitrogen and oxygen atoms in total. The van der Waals surface area contributed by atoms with E-state index < -0.39 is 0 Å². The summed E-state index contributed by atoms with van der Waals surface area (Å²) in [5.74, 6) is 0. The van der Waals surface area contributed by atoms with E-state index in [1.807, 2.05) is 0 Å². The summed E-state index contributed by atoms with van der Waals surface area (Å²) in [6.07, 6.45) is 1.05. The van der Waals surface area contributed by atoms with Crippen molar-refractivity contribution >= 4 is 5.71 Å². The first-order valence-electron chi connectivity index (χ1n) is 4.23. The van der Waals surface area contributed by atoms with Crippen molar-refractivity contribution < 1.29 is 0 Å². The number of nitrogens with zero attached hydrogens (tertiary/aromatic N) is 1. The molecular formula is C10H12N2. The van der Waals surface area contributed by atoms with E-state index in [1.165, 1.54) is 16.8 Å². The van der Waals surface area contributed by atoms with Crippen molar-refractivity contribution in [1.29, 1.82) is 0 Å². The lowest BCUT2D eigenvalue weighted by molar-refractivity contribution is 0.813. The molecule has 1 aromatic rings. The van der Waals surface area contributed by atoms with Crippen LogP contribution in [0.15, 0.2) is 29.4 Å². The highest BCUT2D eigenvalue weighted by atomic mass is 15.3. The van der Waals surface area contributed by atoms with Gasteiger partial charge in [-0.3, -0.25) is 0 Å². The summed E-state index contributed by atoms with van der Waals surface area (Å²) >= 11 is 0. The van der Waals surface area contributed by atoms with Gasteiger partial charge in [0, 0.05) is 18.5 Å². The van der Waals surface area contributed by atoms with Gasteiger partial charge in [-0.1, -0.05) is 24.3 Å². The Kier molecular flexibility index (Phi) is 1.82. The standard InChI is InChI=1S/C10H12N2/c1-8-4-2-3-5-9(8)10-6-7-11-12-10/h2-5,11H,6-7H2,1H3. The number of benzene rings is 1. The maximum absolute atomic E-state index is 4.23. The number of hydrogen-bond acceptors (Lipinski definition) is 2. The summed E-state index contributed by atoms with van der Waals surface area (Å²) in [4.78, 5) is 0. The van der Waals surface area contributed by atoms with Gasteiger partial charge in [-0.2, -0.15) is 5.10 Å². The van der Waals surface area contributed by atoms with Crippen LogP contribution >= 0.6 is 0 Å². The molecule has 0 unspecified atom stereocenters. The minimum Gasteiger partial charge on any atom is -0.309 e. The molecule has 0 amide bonds. The van der Waals surface area contributed by atoms with E-state index >= 15 is 0 Å². The van der Waals surface area contributed by atoms with Crippen molar-refractivity contribution in [2.24, 2.45) is 5.10 Å². The van der Waals surface area contributed by atoms with E-state index in [0.29, 0.717) is 0 Å². The first-order valence-corrected chi connectivity index (χ1v) is 4.23. The fourth-order valence-corrected chi connectivity index (χ4v) is 1.47. The van der Waals surface area contributed by atoms with Gasteiger partial charge in [0.2, 0.25) is 0 Å². The predicted molar refractivity (Wildman–Crippen MR) is 50.3 cm³/mol. The molecule has 1 aliphatic rings. The van der Waals surface area contributed by atoms with Crippen LogP contribution in [0, 0.1) is 6.92 Å². The van der Waals surface area contributed by atoms with Crippen LogP contribution in [0.1, 0.15) is 17.5 Å². The van der Waals surface area contributed by atoms with Crippen LogP contribution in [0.3, 0.4) is 0 Å². The normalized spacial score (nSPS) is 15.6. The Hall–Kier alpha value is -1.31. The summed E-state index contributed by atoms with van der Waals surface area (Å²) < 4.78 is 0. The third kappa shape index (κ3) is 1.20. The lowest BCUT2D eigenvalue weighted by Gasteiger charge is -2.02. The fraction of sp³-hybridized carbons (Fsp3) is 0.300. The zero-order valence-electron chi connectivity index (χ0n) is 7.17. The average molecular weight is 160 g/mol. The molecule has 2 heteroatoms. The lowest BCUT2D eigenvalue weighted by atomic mass is 10.0. The first kappa shape index (κ1) is 7.35. The Labute approximate surface area is 72.3 Å². The van der Waals surface area contributed by atoms with Crippen LogP contribution in [-0.2, 0) is 0 Å². The SMILES string of the molecule is Cc1ccccc1C1=NNCC1. The third-order valence-corrected chi connectivity index (χ3v) is 2.14. The van der Waals surface area contributed by atoms with Gasteiger partial charge in [0.15, 0.2) is 0 Å². The quantitative estimate of drug-likeness (QED) is 0.664. The molecule has 0 bridgehead atoms. The van der Waals surface area contributed by atoms with Crippen LogP contribution in [0.25, 0.3) is 0 Å². The monoisotopic (exact) mass is 160 g/mol. The van der Waals surface area contributed by atoms with Gasteiger partial charge in [-0.05, 0) is 12.5 Å². The zero-order valence-corrected chi connectivity index (χ0v) is 7.17. The molecule has 0 radical (unpaired) electrons.